The van der Waals surface area contributed by atoms with E-state index in [0.29, 0.717) is 13.2 Å². The molecule has 0 aromatic carbocycles. The van der Waals surface area contributed by atoms with E-state index in [1.807, 2.05) is 6.08 Å². The highest BCUT2D eigenvalue weighted by Gasteiger charge is 2.28. The van der Waals surface area contributed by atoms with E-state index in [9.17, 15) is 4.79 Å². The molecule has 2 atom stereocenters. The van der Waals surface area contributed by atoms with Crippen molar-refractivity contribution in [2.24, 2.45) is 5.41 Å². The van der Waals surface area contributed by atoms with Crippen LogP contribution in [0.3, 0.4) is 0 Å². The summed E-state index contributed by atoms with van der Waals surface area (Å²) in [5, 5.41) is 2.85. The van der Waals surface area contributed by atoms with Gasteiger partial charge in [0.1, 0.15) is 18.5 Å². The summed E-state index contributed by atoms with van der Waals surface area (Å²) >= 11 is 0. The molecule has 1 N–H and O–H groups in total. The topological polar surface area (TPSA) is 50.9 Å². The predicted molar refractivity (Wildman–Crippen MR) is 73.5 cm³/mol. The first-order valence-corrected chi connectivity index (χ1v) is 6.56. The number of allylic oxidation sites excluding steroid dienone is 2. The molecule has 0 aromatic heterocycles. The van der Waals surface area contributed by atoms with Gasteiger partial charge in [-0.3, -0.25) is 4.79 Å². The third kappa shape index (κ3) is 3.96. The van der Waals surface area contributed by atoms with Crippen molar-refractivity contribution < 1.29 is 14.3 Å². The molecule has 0 bridgehead atoms. The summed E-state index contributed by atoms with van der Waals surface area (Å²) in [6, 6.07) is 0. The van der Waals surface area contributed by atoms with Crippen LogP contribution in [0, 0.1) is 5.41 Å². The average molecular weight is 263 g/mol. The maximum Gasteiger partial charge on any atom is 0.243 e. The lowest BCUT2D eigenvalue weighted by molar-refractivity contribution is -0.116. The number of epoxide rings is 1. The minimum atomic E-state index is -0.135. The van der Waals surface area contributed by atoms with Gasteiger partial charge in [0.2, 0.25) is 5.91 Å². The number of carbonyl (C=O) groups excluding carboxylic acids is 1. The molecular weight excluding hydrogens is 242 g/mol. The van der Waals surface area contributed by atoms with Gasteiger partial charge in [-0.1, -0.05) is 19.6 Å². The number of nitrogens with one attached hydrogen (secondary N) is 1. The van der Waals surface area contributed by atoms with E-state index in [1.54, 1.807) is 0 Å². The van der Waals surface area contributed by atoms with Crippen LogP contribution in [0.2, 0.25) is 0 Å². The highest BCUT2D eigenvalue weighted by molar-refractivity contribution is 5.86. The van der Waals surface area contributed by atoms with Gasteiger partial charge in [0.25, 0.3) is 0 Å². The zero-order chi connectivity index (χ0) is 13.9. The van der Waals surface area contributed by atoms with Gasteiger partial charge in [-0.25, -0.2) is 0 Å². The molecule has 0 aromatic rings. The molecule has 1 saturated heterocycles. The van der Waals surface area contributed by atoms with Gasteiger partial charge in [-0.15, -0.1) is 0 Å². The number of rotatable bonds is 6. The van der Waals surface area contributed by atoms with Crippen LogP contribution < -0.4 is 5.32 Å². The summed E-state index contributed by atoms with van der Waals surface area (Å²) in [4.78, 5) is 11.2. The quantitative estimate of drug-likeness (QED) is 0.588. The molecule has 19 heavy (non-hydrogen) atoms. The van der Waals surface area contributed by atoms with Crippen LogP contribution in [-0.4, -0.2) is 31.8 Å². The number of carbonyl (C=O) groups is 1. The number of hydrogen-bond donors (Lipinski definition) is 1. The largest absolute Gasteiger partial charge is 0.491 e. The predicted octanol–water partition coefficient (Wildman–Crippen LogP) is 1.94. The van der Waals surface area contributed by atoms with E-state index in [4.69, 9.17) is 9.47 Å². The fraction of sp³-hybridized carbons (Fsp3) is 0.533. The first-order chi connectivity index (χ1) is 9.02. The van der Waals surface area contributed by atoms with Gasteiger partial charge in [0.15, 0.2) is 0 Å². The minimum Gasteiger partial charge on any atom is -0.491 e. The van der Waals surface area contributed by atoms with Gasteiger partial charge >= 0.3 is 0 Å². The van der Waals surface area contributed by atoms with E-state index in [-0.39, 0.29) is 17.4 Å². The summed E-state index contributed by atoms with van der Waals surface area (Å²) in [5.41, 5.74) is 1.14. The zero-order valence-electron chi connectivity index (χ0n) is 11.6. The maximum atomic E-state index is 11.2. The molecular formula is C15H21NO3. The Morgan fingerprint density at radius 1 is 1.74 bits per heavy atom. The third-order valence-electron chi connectivity index (χ3n) is 3.41. The molecule has 0 radical (unpaired) electrons. The zero-order valence-corrected chi connectivity index (χ0v) is 11.6. The summed E-state index contributed by atoms with van der Waals surface area (Å²) in [5.74, 6) is 0.798. The normalized spacial score (nSPS) is 29.1. The second kappa shape index (κ2) is 5.61. The van der Waals surface area contributed by atoms with Gasteiger partial charge < -0.3 is 14.8 Å². The fourth-order valence-electron chi connectivity index (χ4n) is 2.17. The molecule has 1 amide bonds. The molecule has 4 heteroatoms. The minimum absolute atomic E-state index is 0.0638. The van der Waals surface area contributed by atoms with Gasteiger partial charge in [0, 0.05) is 12.0 Å². The molecule has 0 saturated carbocycles. The first-order valence-electron chi connectivity index (χ1n) is 6.56. The number of ether oxygens (including phenoxy) is 2. The van der Waals surface area contributed by atoms with Gasteiger partial charge in [-0.05, 0) is 31.1 Å². The van der Waals surface area contributed by atoms with Crippen molar-refractivity contribution in [1.29, 1.82) is 0 Å². The Kier molecular flexibility index (Phi) is 4.10. The lowest BCUT2D eigenvalue weighted by Gasteiger charge is -2.30. The Bertz CT molecular complexity index is 435. The Morgan fingerprint density at radius 3 is 3.05 bits per heavy atom. The molecule has 0 spiro atoms. The van der Waals surface area contributed by atoms with Crippen molar-refractivity contribution in [2.75, 3.05) is 19.8 Å². The van der Waals surface area contributed by atoms with E-state index in [0.717, 1.165) is 18.8 Å². The highest BCUT2D eigenvalue weighted by Crippen LogP contribution is 2.34. The van der Waals surface area contributed by atoms with Crippen LogP contribution in [-0.2, 0) is 14.3 Å². The van der Waals surface area contributed by atoms with Crippen molar-refractivity contribution in [1.82, 2.24) is 5.32 Å². The van der Waals surface area contributed by atoms with Crippen molar-refractivity contribution in [2.45, 2.75) is 26.4 Å². The molecule has 4 nitrogen and oxygen atoms in total. The van der Waals surface area contributed by atoms with E-state index in [1.165, 1.54) is 11.6 Å². The van der Waals surface area contributed by atoms with Crippen molar-refractivity contribution in [3.05, 3.63) is 36.1 Å². The molecule has 2 aliphatic rings. The first kappa shape index (κ1) is 13.9. The smallest absolute Gasteiger partial charge is 0.243 e. The molecule has 1 aliphatic heterocycles. The second-order valence-electron chi connectivity index (χ2n) is 5.50. The van der Waals surface area contributed by atoms with E-state index < -0.39 is 0 Å². The van der Waals surface area contributed by atoms with Crippen LogP contribution in [0.4, 0.5) is 0 Å². The van der Waals surface area contributed by atoms with Crippen molar-refractivity contribution in [3.8, 4) is 0 Å². The molecule has 2 unspecified atom stereocenters. The van der Waals surface area contributed by atoms with E-state index >= 15 is 0 Å². The monoisotopic (exact) mass is 263 g/mol. The Labute approximate surface area is 114 Å². The van der Waals surface area contributed by atoms with Crippen molar-refractivity contribution >= 4 is 5.91 Å². The van der Waals surface area contributed by atoms with Crippen molar-refractivity contribution in [3.63, 3.8) is 0 Å². The summed E-state index contributed by atoms with van der Waals surface area (Å²) in [7, 11) is 0. The van der Waals surface area contributed by atoms with Crippen LogP contribution in [0.5, 0.6) is 0 Å². The SMILES string of the molecule is C=CC(=O)NCC1(C)C=CC(OCC2CO2)=C(C)C1. The van der Waals surface area contributed by atoms with Gasteiger partial charge in [-0.2, -0.15) is 0 Å². The second-order valence-corrected chi connectivity index (χ2v) is 5.50. The Morgan fingerprint density at radius 2 is 2.47 bits per heavy atom. The van der Waals surface area contributed by atoms with Crippen LogP contribution in [0.1, 0.15) is 20.3 Å². The summed E-state index contributed by atoms with van der Waals surface area (Å²) in [6.45, 7) is 9.68. The lowest BCUT2D eigenvalue weighted by atomic mass is 9.80. The molecule has 1 fully saturated rings. The van der Waals surface area contributed by atoms with Gasteiger partial charge in [0.05, 0.1) is 6.61 Å². The Hall–Kier alpha value is -1.55. The summed E-state index contributed by atoms with van der Waals surface area (Å²) in [6.07, 6.45) is 6.55. The standard InChI is InChI=1S/C15H21NO3/c1-4-14(17)16-10-15(3)6-5-13(11(2)7-15)19-9-12-8-18-12/h4-6,12H,1,7-10H2,2-3H3,(H,16,17). The lowest BCUT2D eigenvalue weighted by Crippen LogP contribution is -2.35. The molecule has 104 valence electrons. The molecule has 1 aliphatic carbocycles. The number of amides is 1. The summed E-state index contributed by atoms with van der Waals surface area (Å²) < 4.78 is 10.8. The average Bonchev–Trinajstić information content (AvgIpc) is 3.19. The van der Waals surface area contributed by atoms with E-state index in [2.05, 4.69) is 31.8 Å². The Balaban J connectivity index is 1.88. The fourth-order valence-corrected chi connectivity index (χ4v) is 2.17. The van der Waals surface area contributed by atoms with Crippen LogP contribution >= 0.6 is 0 Å². The highest BCUT2D eigenvalue weighted by atomic mass is 16.6. The number of hydrogen-bond acceptors (Lipinski definition) is 3. The third-order valence-corrected chi connectivity index (χ3v) is 3.41. The maximum absolute atomic E-state index is 11.2. The molecule has 2 rings (SSSR count). The molecule has 1 heterocycles. The van der Waals surface area contributed by atoms with Crippen LogP contribution in [0.25, 0.3) is 0 Å². The van der Waals surface area contributed by atoms with Crippen LogP contribution in [0.15, 0.2) is 36.1 Å².